The fraction of sp³-hybridized carbons (Fsp3) is 0.462. The van der Waals surface area contributed by atoms with E-state index in [1.807, 2.05) is 55.5 Å². The Morgan fingerprint density at radius 1 is 0.935 bits per heavy atom. The Labute approximate surface area is 185 Å². The smallest absolute Gasteiger partial charge is 0.253 e. The maximum atomic E-state index is 13.3. The minimum absolute atomic E-state index is 0.0811. The van der Waals surface area contributed by atoms with Gasteiger partial charge in [-0.15, -0.1) is 0 Å². The molecule has 1 atom stereocenters. The summed E-state index contributed by atoms with van der Waals surface area (Å²) in [6.07, 6.45) is 7.66. The van der Waals surface area contributed by atoms with E-state index in [9.17, 15) is 9.59 Å². The van der Waals surface area contributed by atoms with Crippen LogP contribution in [0.25, 0.3) is 0 Å². The third-order valence-corrected chi connectivity index (χ3v) is 6.58. The molecule has 31 heavy (non-hydrogen) atoms. The summed E-state index contributed by atoms with van der Waals surface area (Å²) in [4.78, 5) is 28.3. The van der Waals surface area contributed by atoms with Crippen LogP contribution >= 0.6 is 0 Å². The van der Waals surface area contributed by atoms with Gasteiger partial charge in [0, 0.05) is 30.4 Å². The Hall–Kier alpha value is -2.82. The molecule has 1 saturated carbocycles. The highest BCUT2D eigenvalue weighted by atomic mass is 16.2. The summed E-state index contributed by atoms with van der Waals surface area (Å²) in [5.74, 6) is 0.0621. The van der Waals surface area contributed by atoms with Crippen LogP contribution in [0.15, 0.2) is 48.5 Å². The summed E-state index contributed by atoms with van der Waals surface area (Å²) in [7, 11) is 0. The Morgan fingerprint density at radius 2 is 1.65 bits per heavy atom. The van der Waals surface area contributed by atoms with Crippen molar-refractivity contribution in [2.24, 2.45) is 5.92 Å². The number of carbonyl (C=O) groups excluding carboxylic acids is 2. The lowest BCUT2D eigenvalue weighted by Crippen LogP contribution is -2.30. The van der Waals surface area contributed by atoms with Crippen LogP contribution in [0, 0.1) is 5.92 Å². The number of amides is 2. The van der Waals surface area contributed by atoms with Gasteiger partial charge in [0.25, 0.3) is 5.91 Å². The molecule has 2 aromatic carbocycles. The van der Waals surface area contributed by atoms with Crippen LogP contribution < -0.4 is 15.5 Å². The number of nitrogens with one attached hydrogen (secondary N) is 2. The largest absolute Gasteiger partial charge is 0.371 e. The molecule has 2 aliphatic rings. The summed E-state index contributed by atoms with van der Waals surface area (Å²) in [5, 5.41) is 6.21. The third kappa shape index (κ3) is 5.27. The van der Waals surface area contributed by atoms with Crippen molar-refractivity contribution in [2.45, 2.75) is 57.9 Å². The van der Waals surface area contributed by atoms with Gasteiger partial charge in [-0.3, -0.25) is 9.59 Å². The number of anilines is 2. The maximum absolute atomic E-state index is 13.3. The monoisotopic (exact) mass is 419 g/mol. The second kappa shape index (κ2) is 9.99. The zero-order chi connectivity index (χ0) is 21.6. The van der Waals surface area contributed by atoms with E-state index in [2.05, 4.69) is 15.5 Å². The molecule has 5 nitrogen and oxygen atoms in total. The van der Waals surface area contributed by atoms with E-state index in [-0.39, 0.29) is 23.8 Å². The normalized spacial score (nSPS) is 17.9. The SMILES string of the molecule is CC(NC(=O)c1cc(NC(=O)C2CCCCC2)ccc1N1CCCC1)c1ccccc1. The lowest BCUT2D eigenvalue weighted by Gasteiger charge is -2.24. The molecule has 2 aromatic rings. The highest BCUT2D eigenvalue weighted by molar-refractivity contribution is 6.02. The van der Waals surface area contributed by atoms with Gasteiger partial charge in [0.2, 0.25) is 5.91 Å². The molecule has 1 aliphatic carbocycles. The van der Waals surface area contributed by atoms with Gasteiger partial charge in [-0.1, -0.05) is 49.6 Å². The van der Waals surface area contributed by atoms with Crippen LogP contribution in [0.5, 0.6) is 0 Å². The molecule has 0 bridgehead atoms. The number of benzene rings is 2. The average molecular weight is 420 g/mol. The molecule has 1 aliphatic heterocycles. The van der Waals surface area contributed by atoms with E-state index in [0.717, 1.165) is 62.9 Å². The van der Waals surface area contributed by atoms with E-state index in [0.29, 0.717) is 11.3 Å². The first-order valence-corrected chi connectivity index (χ1v) is 11.7. The second-order valence-corrected chi connectivity index (χ2v) is 8.86. The summed E-state index contributed by atoms with van der Waals surface area (Å²) in [6, 6.07) is 15.7. The lowest BCUT2D eigenvalue weighted by molar-refractivity contribution is -0.120. The fourth-order valence-corrected chi connectivity index (χ4v) is 4.74. The van der Waals surface area contributed by atoms with E-state index in [4.69, 9.17) is 0 Å². The van der Waals surface area contributed by atoms with Crippen LogP contribution in [0.3, 0.4) is 0 Å². The van der Waals surface area contributed by atoms with Crippen molar-refractivity contribution >= 4 is 23.2 Å². The van der Waals surface area contributed by atoms with Crippen molar-refractivity contribution in [3.63, 3.8) is 0 Å². The van der Waals surface area contributed by atoms with Crippen molar-refractivity contribution in [1.82, 2.24) is 5.32 Å². The molecule has 1 unspecified atom stereocenters. The molecule has 0 radical (unpaired) electrons. The number of hydrogen-bond acceptors (Lipinski definition) is 3. The molecule has 0 aromatic heterocycles. The number of rotatable bonds is 6. The van der Waals surface area contributed by atoms with E-state index in [1.54, 1.807) is 0 Å². The van der Waals surface area contributed by atoms with Crippen molar-refractivity contribution in [1.29, 1.82) is 0 Å². The third-order valence-electron chi connectivity index (χ3n) is 6.58. The Bertz CT molecular complexity index is 900. The first-order valence-electron chi connectivity index (χ1n) is 11.7. The van der Waals surface area contributed by atoms with E-state index in [1.165, 1.54) is 6.42 Å². The Kier molecular flexibility index (Phi) is 6.90. The lowest BCUT2D eigenvalue weighted by atomic mass is 9.88. The molecular formula is C26H33N3O2. The highest BCUT2D eigenvalue weighted by Crippen LogP contribution is 2.30. The van der Waals surface area contributed by atoms with Gasteiger partial charge in [0.05, 0.1) is 11.6 Å². The van der Waals surface area contributed by atoms with Crippen molar-refractivity contribution in [2.75, 3.05) is 23.3 Å². The molecule has 164 valence electrons. The highest BCUT2D eigenvalue weighted by Gasteiger charge is 2.24. The number of carbonyl (C=O) groups is 2. The van der Waals surface area contributed by atoms with Crippen LogP contribution in [0.4, 0.5) is 11.4 Å². The molecule has 1 heterocycles. The number of nitrogens with zero attached hydrogens (tertiary/aromatic N) is 1. The zero-order valence-corrected chi connectivity index (χ0v) is 18.4. The minimum Gasteiger partial charge on any atom is -0.371 e. The molecule has 0 spiro atoms. The van der Waals surface area contributed by atoms with Gasteiger partial charge in [-0.05, 0) is 56.4 Å². The standard InChI is InChI=1S/C26H33N3O2/c1-19(20-10-4-2-5-11-20)27-26(31)23-18-22(14-15-24(23)29-16-8-9-17-29)28-25(30)21-12-6-3-7-13-21/h2,4-5,10-11,14-15,18-19,21H,3,6-9,12-13,16-17H2,1H3,(H,27,31)(H,28,30). The van der Waals surface area contributed by atoms with Crippen LogP contribution in [-0.4, -0.2) is 24.9 Å². The zero-order valence-electron chi connectivity index (χ0n) is 18.4. The molecular weight excluding hydrogens is 386 g/mol. The number of hydrogen-bond donors (Lipinski definition) is 2. The summed E-state index contributed by atoms with van der Waals surface area (Å²) in [5.41, 5.74) is 3.36. The average Bonchev–Trinajstić information content (AvgIpc) is 3.35. The molecule has 2 fully saturated rings. The predicted molar refractivity (Wildman–Crippen MR) is 125 cm³/mol. The summed E-state index contributed by atoms with van der Waals surface area (Å²) < 4.78 is 0. The maximum Gasteiger partial charge on any atom is 0.253 e. The Morgan fingerprint density at radius 3 is 2.35 bits per heavy atom. The molecule has 1 saturated heterocycles. The molecule has 2 N–H and O–H groups in total. The molecule has 2 amide bonds. The predicted octanol–water partition coefficient (Wildman–Crippen LogP) is 5.30. The van der Waals surface area contributed by atoms with Gasteiger partial charge in [-0.25, -0.2) is 0 Å². The van der Waals surface area contributed by atoms with Crippen molar-refractivity contribution in [3.05, 3.63) is 59.7 Å². The first-order chi connectivity index (χ1) is 15.1. The van der Waals surface area contributed by atoms with E-state index < -0.39 is 0 Å². The second-order valence-electron chi connectivity index (χ2n) is 8.86. The molecule has 4 rings (SSSR count). The van der Waals surface area contributed by atoms with Gasteiger partial charge in [0.1, 0.15) is 0 Å². The fourth-order valence-electron chi connectivity index (χ4n) is 4.74. The van der Waals surface area contributed by atoms with Gasteiger partial charge in [-0.2, -0.15) is 0 Å². The summed E-state index contributed by atoms with van der Waals surface area (Å²) in [6.45, 7) is 3.92. The van der Waals surface area contributed by atoms with Gasteiger partial charge >= 0.3 is 0 Å². The van der Waals surface area contributed by atoms with Gasteiger partial charge in [0.15, 0.2) is 0 Å². The van der Waals surface area contributed by atoms with Crippen molar-refractivity contribution < 1.29 is 9.59 Å². The van der Waals surface area contributed by atoms with Gasteiger partial charge < -0.3 is 15.5 Å². The minimum atomic E-state index is -0.105. The van der Waals surface area contributed by atoms with Crippen LogP contribution in [0.2, 0.25) is 0 Å². The van der Waals surface area contributed by atoms with Crippen molar-refractivity contribution in [3.8, 4) is 0 Å². The Balaban J connectivity index is 1.54. The topological polar surface area (TPSA) is 61.4 Å². The first kappa shape index (κ1) is 21.4. The molecule has 5 heteroatoms. The quantitative estimate of drug-likeness (QED) is 0.668. The van der Waals surface area contributed by atoms with E-state index >= 15 is 0 Å². The summed E-state index contributed by atoms with van der Waals surface area (Å²) >= 11 is 0. The van der Waals surface area contributed by atoms with Crippen LogP contribution in [0.1, 0.15) is 73.8 Å². The van der Waals surface area contributed by atoms with Crippen LogP contribution in [-0.2, 0) is 4.79 Å².